The molecule has 0 spiro atoms. The van der Waals surface area contributed by atoms with Gasteiger partial charge in [-0.15, -0.1) is 0 Å². The molecule has 1 N–H and O–H groups in total. The molecule has 2 fully saturated rings. The molecule has 1 aromatic carbocycles. The van der Waals surface area contributed by atoms with Crippen molar-refractivity contribution in [1.29, 1.82) is 0 Å². The van der Waals surface area contributed by atoms with E-state index < -0.39 is 11.6 Å². The summed E-state index contributed by atoms with van der Waals surface area (Å²) in [6, 6.07) is 10.6. The van der Waals surface area contributed by atoms with E-state index in [4.69, 9.17) is 9.84 Å². The van der Waals surface area contributed by atoms with Crippen molar-refractivity contribution in [3.05, 3.63) is 41.5 Å². The van der Waals surface area contributed by atoms with Crippen molar-refractivity contribution in [3.63, 3.8) is 0 Å². The Morgan fingerprint density at radius 1 is 1.19 bits per heavy atom. The van der Waals surface area contributed by atoms with Crippen LogP contribution in [-0.4, -0.2) is 64.3 Å². The molecule has 1 amide bonds. The number of hydrogen-bond donors (Lipinski definition) is 1. The lowest BCUT2D eigenvalue weighted by atomic mass is 10.0. The van der Waals surface area contributed by atoms with Crippen molar-refractivity contribution in [2.45, 2.75) is 71.1 Å². The maximum atomic E-state index is 13.2. The number of aliphatic carboxylic acids is 1. The Kier molecular flexibility index (Phi) is 7.42. The molecule has 170 valence electrons. The summed E-state index contributed by atoms with van der Waals surface area (Å²) in [6.45, 7) is 10.1. The molecule has 1 saturated carbocycles. The predicted octanol–water partition coefficient (Wildman–Crippen LogP) is 4.65. The van der Waals surface area contributed by atoms with Gasteiger partial charge in [-0.2, -0.15) is 0 Å². The largest absolute Gasteiger partial charge is 0.481 e. The summed E-state index contributed by atoms with van der Waals surface area (Å²) < 4.78 is 5.78. The third-order valence-electron chi connectivity index (χ3n) is 6.09. The van der Waals surface area contributed by atoms with Crippen molar-refractivity contribution in [3.8, 4) is 0 Å². The van der Waals surface area contributed by atoms with Crippen molar-refractivity contribution in [1.82, 2.24) is 9.80 Å². The van der Waals surface area contributed by atoms with Crippen LogP contribution in [0, 0.1) is 5.92 Å². The number of nitrogens with zero attached hydrogens (tertiary/aromatic N) is 2. The molecule has 6 nitrogen and oxygen atoms in total. The van der Waals surface area contributed by atoms with Crippen molar-refractivity contribution in [2.75, 3.05) is 19.6 Å². The Morgan fingerprint density at radius 2 is 1.84 bits per heavy atom. The lowest BCUT2D eigenvalue weighted by molar-refractivity contribution is -0.137. The number of hydrogen-bond acceptors (Lipinski definition) is 4. The minimum atomic E-state index is -0.765. The molecule has 1 heterocycles. The molecule has 0 bridgehead atoms. The summed E-state index contributed by atoms with van der Waals surface area (Å²) in [7, 11) is 0. The molecule has 1 aliphatic carbocycles. The smallest absolute Gasteiger partial charge is 0.410 e. The molecule has 3 rings (SSSR count). The second kappa shape index (κ2) is 9.86. The molecule has 0 aromatic heterocycles. The molecule has 2 atom stereocenters. The second-order valence-electron chi connectivity index (χ2n) is 9.81. The van der Waals surface area contributed by atoms with E-state index in [0.29, 0.717) is 12.5 Å². The lowest BCUT2D eigenvalue weighted by Crippen LogP contribution is -2.50. The van der Waals surface area contributed by atoms with E-state index in [1.54, 1.807) is 0 Å². The maximum Gasteiger partial charge on any atom is 0.410 e. The monoisotopic (exact) mass is 428 g/mol. The average Bonchev–Trinajstić information content (AvgIpc) is 3.47. The fraction of sp³-hybridized carbons (Fsp3) is 0.600. The number of ether oxygens (including phenoxy) is 1. The van der Waals surface area contributed by atoms with Gasteiger partial charge in [0.25, 0.3) is 0 Å². The Hall–Kier alpha value is -2.34. The number of benzene rings is 1. The van der Waals surface area contributed by atoms with Crippen LogP contribution in [0.4, 0.5) is 4.79 Å². The molecular weight excluding hydrogens is 392 g/mol. The third-order valence-corrected chi connectivity index (χ3v) is 6.09. The fourth-order valence-electron chi connectivity index (χ4n) is 4.44. The molecule has 0 radical (unpaired) electrons. The minimum absolute atomic E-state index is 0.135. The summed E-state index contributed by atoms with van der Waals surface area (Å²) in [4.78, 5) is 28.2. The third kappa shape index (κ3) is 6.82. The first-order valence-electron chi connectivity index (χ1n) is 11.3. The van der Waals surface area contributed by atoms with Gasteiger partial charge in [-0.05, 0) is 52.5 Å². The zero-order valence-corrected chi connectivity index (χ0v) is 19.2. The molecule has 1 aromatic rings. The van der Waals surface area contributed by atoms with Crippen LogP contribution in [-0.2, 0) is 9.53 Å². The first-order chi connectivity index (χ1) is 14.6. The van der Waals surface area contributed by atoms with Crippen molar-refractivity contribution < 1.29 is 19.4 Å². The number of rotatable bonds is 7. The highest BCUT2D eigenvalue weighted by atomic mass is 16.6. The minimum Gasteiger partial charge on any atom is -0.481 e. The van der Waals surface area contributed by atoms with Gasteiger partial charge in [0.1, 0.15) is 5.60 Å². The van der Waals surface area contributed by atoms with Crippen LogP contribution in [0.5, 0.6) is 0 Å². The van der Waals surface area contributed by atoms with E-state index in [9.17, 15) is 9.59 Å². The van der Waals surface area contributed by atoms with Crippen LogP contribution in [0.25, 0.3) is 6.08 Å². The fourth-order valence-corrected chi connectivity index (χ4v) is 4.44. The van der Waals surface area contributed by atoms with Gasteiger partial charge < -0.3 is 19.6 Å². The molecule has 2 aliphatic rings. The van der Waals surface area contributed by atoms with Crippen LogP contribution < -0.4 is 0 Å². The highest BCUT2D eigenvalue weighted by Gasteiger charge is 2.48. The van der Waals surface area contributed by atoms with Gasteiger partial charge in [-0.25, -0.2) is 4.79 Å². The number of carboxylic acid groups (broad SMARTS) is 1. The Bertz CT molecular complexity index is 791. The number of carboxylic acids is 1. The molecule has 31 heavy (non-hydrogen) atoms. The first kappa shape index (κ1) is 23.3. The lowest BCUT2D eigenvalue weighted by Gasteiger charge is -2.39. The Labute approximate surface area is 185 Å². The van der Waals surface area contributed by atoms with Gasteiger partial charge in [0.2, 0.25) is 0 Å². The summed E-state index contributed by atoms with van der Waals surface area (Å²) >= 11 is 0. The average molecular weight is 429 g/mol. The van der Waals surface area contributed by atoms with E-state index in [2.05, 4.69) is 30.0 Å². The standard InChI is InChI=1S/C25H36N2O4/c1-18(16-19-8-6-5-7-9-19)21-17-22(21)27(24(30)31-25(2,3)4)20-10-13-26(14-11-20)15-12-23(28)29/h5-9,16,20-22H,10-15,17H2,1-4H3,(H,28,29)/t21?,22-/m0/s1. The van der Waals surface area contributed by atoms with Crippen LogP contribution in [0.3, 0.4) is 0 Å². The summed E-state index contributed by atoms with van der Waals surface area (Å²) in [5.74, 6) is -0.406. The van der Waals surface area contributed by atoms with Gasteiger partial charge in [0.05, 0.1) is 6.42 Å². The maximum absolute atomic E-state index is 13.2. The number of likely N-dealkylation sites (tertiary alicyclic amines) is 1. The number of carbonyl (C=O) groups is 2. The van der Waals surface area contributed by atoms with E-state index in [-0.39, 0.29) is 24.6 Å². The molecule has 6 heteroatoms. The molecule has 1 saturated heterocycles. The molecule has 1 aliphatic heterocycles. The number of carbonyl (C=O) groups excluding carboxylic acids is 1. The van der Waals surface area contributed by atoms with E-state index in [0.717, 1.165) is 32.4 Å². The van der Waals surface area contributed by atoms with Crippen LogP contribution >= 0.6 is 0 Å². The zero-order valence-electron chi connectivity index (χ0n) is 19.2. The molecular formula is C25H36N2O4. The summed E-state index contributed by atoms with van der Waals surface area (Å²) in [6.07, 6.45) is 4.82. The number of amides is 1. The quantitative estimate of drug-likeness (QED) is 0.684. The van der Waals surface area contributed by atoms with E-state index in [1.807, 2.05) is 43.9 Å². The van der Waals surface area contributed by atoms with Gasteiger partial charge >= 0.3 is 12.1 Å². The van der Waals surface area contributed by atoms with Gasteiger partial charge in [-0.3, -0.25) is 4.79 Å². The number of piperidine rings is 1. The van der Waals surface area contributed by atoms with Crippen LogP contribution in [0.15, 0.2) is 35.9 Å². The van der Waals surface area contributed by atoms with E-state index in [1.165, 1.54) is 11.1 Å². The normalized spacial score (nSPS) is 22.8. The summed E-state index contributed by atoms with van der Waals surface area (Å²) in [5, 5.41) is 8.93. The SMILES string of the molecule is CC(=Cc1ccccc1)C1C[C@@H]1N(C(=O)OC(C)(C)C)C1CCN(CCC(=O)O)CC1. The second-order valence-corrected chi connectivity index (χ2v) is 9.81. The van der Waals surface area contributed by atoms with Crippen LogP contribution in [0.2, 0.25) is 0 Å². The van der Waals surface area contributed by atoms with Gasteiger partial charge in [-0.1, -0.05) is 42.0 Å². The van der Waals surface area contributed by atoms with Gasteiger partial charge in [0, 0.05) is 37.6 Å². The Balaban J connectivity index is 1.68. The highest BCUT2D eigenvalue weighted by molar-refractivity contribution is 5.70. The Morgan fingerprint density at radius 3 is 2.42 bits per heavy atom. The first-order valence-corrected chi connectivity index (χ1v) is 11.3. The van der Waals surface area contributed by atoms with Gasteiger partial charge in [0.15, 0.2) is 0 Å². The zero-order chi connectivity index (χ0) is 22.6. The van der Waals surface area contributed by atoms with Crippen molar-refractivity contribution in [2.24, 2.45) is 5.92 Å². The van der Waals surface area contributed by atoms with Crippen LogP contribution in [0.1, 0.15) is 58.9 Å². The van der Waals surface area contributed by atoms with Crippen molar-refractivity contribution >= 4 is 18.1 Å². The highest BCUT2D eigenvalue weighted by Crippen LogP contribution is 2.44. The van der Waals surface area contributed by atoms with E-state index >= 15 is 0 Å². The molecule has 1 unspecified atom stereocenters. The predicted molar refractivity (Wildman–Crippen MR) is 122 cm³/mol. The summed E-state index contributed by atoms with van der Waals surface area (Å²) in [5.41, 5.74) is 1.95. The topological polar surface area (TPSA) is 70.1 Å².